The molecule has 1 saturated carbocycles. The average molecular weight is 227 g/mol. The smallest absolute Gasteiger partial charge is 0.306 e. The van der Waals surface area contributed by atoms with Crippen molar-refractivity contribution in [3.8, 4) is 0 Å². The fourth-order valence-electron chi connectivity index (χ4n) is 2.06. The van der Waals surface area contributed by atoms with Crippen molar-refractivity contribution >= 4 is 11.9 Å². The second kappa shape index (κ2) is 5.87. The van der Waals surface area contributed by atoms with Gasteiger partial charge in [-0.2, -0.15) is 0 Å². The van der Waals surface area contributed by atoms with Crippen molar-refractivity contribution < 1.29 is 14.7 Å². The third-order valence-corrected chi connectivity index (χ3v) is 3.48. The number of nitrogens with one attached hydrogen (secondary N) is 1. The summed E-state index contributed by atoms with van der Waals surface area (Å²) in [5.41, 5.74) is 0. The summed E-state index contributed by atoms with van der Waals surface area (Å²) in [5, 5.41) is 11.6. The molecule has 0 aromatic rings. The summed E-state index contributed by atoms with van der Waals surface area (Å²) >= 11 is 0. The van der Waals surface area contributed by atoms with Gasteiger partial charge in [0.15, 0.2) is 0 Å². The van der Waals surface area contributed by atoms with Gasteiger partial charge in [0.1, 0.15) is 0 Å². The first-order valence-electron chi connectivity index (χ1n) is 6.08. The lowest BCUT2D eigenvalue weighted by Gasteiger charge is -2.33. The molecule has 0 atom stereocenters. The lowest BCUT2D eigenvalue weighted by atomic mass is 9.80. The van der Waals surface area contributed by atoms with Gasteiger partial charge in [-0.25, -0.2) is 0 Å². The van der Waals surface area contributed by atoms with Crippen LogP contribution in [0.15, 0.2) is 0 Å². The van der Waals surface area contributed by atoms with Crippen LogP contribution in [0.25, 0.3) is 0 Å². The number of rotatable bonds is 6. The van der Waals surface area contributed by atoms with Crippen LogP contribution in [-0.2, 0) is 9.59 Å². The van der Waals surface area contributed by atoms with Crippen LogP contribution >= 0.6 is 0 Å². The summed E-state index contributed by atoms with van der Waals surface area (Å²) in [6, 6.07) is 0.0861. The maximum atomic E-state index is 11.6. The zero-order valence-corrected chi connectivity index (χ0v) is 10.0. The molecule has 1 aliphatic rings. The molecule has 4 heteroatoms. The summed E-state index contributed by atoms with van der Waals surface area (Å²) in [7, 11) is 0. The second-order valence-corrected chi connectivity index (χ2v) is 4.66. The Morgan fingerprint density at radius 3 is 2.31 bits per heavy atom. The van der Waals surface area contributed by atoms with Crippen molar-refractivity contribution in [1.82, 2.24) is 5.32 Å². The number of carboxylic acid groups (broad SMARTS) is 1. The van der Waals surface area contributed by atoms with E-state index in [4.69, 9.17) is 5.11 Å². The molecule has 1 rings (SSSR count). The van der Waals surface area contributed by atoms with Gasteiger partial charge in [0.2, 0.25) is 5.91 Å². The van der Waals surface area contributed by atoms with Crippen LogP contribution in [0.3, 0.4) is 0 Å². The Bertz CT molecular complexity index is 255. The number of aliphatic carboxylic acids is 1. The molecule has 92 valence electrons. The van der Waals surface area contributed by atoms with E-state index in [-0.39, 0.29) is 17.9 Å². The van der Waals surface area contributed by atoms with E-state index < -0.39 is 5.97 Å². The highest BCUT2D eigenvalue weighted by molar-refractivity contribution is 5.77. The molecule has 1 amide bonds. The second-order valence-electron chi connectivity index (χ2n) is 4.66. The summed E-state index contributed by atoms with van der Waals surface area (Å²) in [6.45, 7) is 4.18. The normalized spacial score (nSPS) is 23.9. The number of carboxylic acids is 1. The lowest BCUT2D eigenvalue weighted by Crippen LogP contribution is -2.47. The molecule has 0 saturated heterocycles. The predicted molar refractivity (Wildman–Crippen MR) is 61.0 cm³/mol. The van der Waals surface area contributed by atoms with Gasteiger partial charge >= 0.3 is 5.97 Å². The molecule has 0 bridgehead atoms. The molecule has 0 aromatic heterocycles. The third-order valence-electron chi connectivity index (χ3n) is 3.48. The zero-order chi connectivity index (χ0) is 12.1. The van der Waals surface area contributed by atoms with Gasteiger partial charge in [-0.15, -0.1) is 0 Å². The van der Waals surface area contributed by atoms with Gasteiger partial charge in [-0.05, 0) is 18.8 Å². The maximum Gasteiger partial charge on any atom is 0.306 e. The Kier molecular flexibility index (Phi) is 4.77. The number of carbonyl (C=O) groups excluding carboxylic acids is 1. The van der Waals surface area contributed by atoms with E-state index in [1.54, 1.807) is 0 Å². The van der Waals surface area contributed by atoms with Gasteiger partial charge < -0.3 is 10.4 Å². The quantitative estimate of drug-likeness (QED) is 0.727. The van der Waals surface area contributed by atoms with Crippen LogP contribution in [0.1, 0.15) is 46.0 Å². The van der Waals surface area contributed by atoms with Crippen LogP contribution in [0.5, 0.6) is 0 Å². The highest BCUT2D eigenvalue weighted by atomic mass is 16.4. The summed E-state index contributed by atoms with van der Waals surface area (Å²) in [6.07, 6.45) is 3.79. The fraction of sp³-hybridized carbons (Fsp3) is 0.833. The highest BCUT2D eigenvalue weighted by Gasteiger charge is 2.35. The standard InChI is InChI=1S/C12H21NO3/c1-3-8(4-2)5-11(14)13-10-6-9(7-10)12(15)16/h8-10H,3-7H2,1-2H3,(H,13,14)(H,15,16). The van der Waals surface area contributed by atoms with Crippen LogP contribution < -0.4 is 5.32 Å². The summed E-state index contributed by atoms with van der Waals surface area (Å²) < 4.78 is 0. The van der Waals surface area contributed by atoms with E-state index >= 15 is 0 Å². The van der Waals surface area contributed by atoms with Crippen molar-refractivity contribution in [2.75, 3.05) is 0 Å². The number of amides is 1. The Morgan fingerprint density at radius 2 is 1.88 bits per heavy atom. The fourth-order valence-corrected chi connectivity index (χ4v) is 2.06. The number of hydrogen-bond acceptors (Lipinski definition) is 2. The van der Waals surface area contributed by atoms with Gasteiger partial charge in [0.05, 0.1) is 5.92 Å². The number of carbonyl (C=O) groups is 2. The predicted octanol–water partition coefficient (Wildman–Crippen LogP) is 1.79. The van der Waals surface area contributed by atoms with Crippen molar-refractivity contribution in [2.24, 2.45) is 11.8 Å². The van der Waals surface area contributed by atoms with E-state index in [0.29, 0.717) is 25.2 Å². The molecule has 1 fully saturated rings. The minimum absolute atomic E-state index is 0.0718. The Morgan fingerprint density at radius 1 is 1.31 bits per heavy atom. The summed E-state index contributed by atoms with van der Waals surface area (Å²) in [4.78, 5) is 22.2. The topological polar surface area (TPSA) is 66.4 Å². The molecule has 0 aliphatic heterocycles. The summed E-state index contributed by atoms with van der Waals surface area (Å²) in [5.74, 6) is -0.471. The molecule has 0 unspecified atom stereocenters. The lowest BCUT2D eigenvalue weighted by molar-refractivity contribution is -0.146. The molecule has 0 spiro atoms. The Balaban J connectivity index is 2.19. The van der Waals surface area contributed by atoms with Gasteiger partial charge in [-0.1, -0.05) is 26.7 Å². The first kappa shape index (κ1) is 13.0. The van der Waals surface area contributed by atoms with E-state index in [1.807, 2.05) is 0 Å². The first-order valence-corrected chi connectivity index (χ1v) is 6.08. The average Bonchev–Trinajstić information content (AvgIpc) is 2.18. The Labute approximate surface area is 96.4 Å². The van der Waals surface area contributed by atoms with E-state index in [2.05, 4.69) is 19.2 Å². The van der Waals surface area contributed by atoms with Crippen LogP contribution in [0, 0.1) is 11.8 Å². The minimum Gasteiger partial charge on any atom is -0.481 e. The van der Waals surface area contributed by atoms with Gasteiger partial charge in [0, 0.05) is 12.5 Å². The maximum absolute atomic E-state index is 11.6. The van der Waals surface area contributed by atoms with Crippen LogP contribution in [-0.4, -0.2) is 23.0 Å². The van der Waals surface area contributed by atoms with E-state index in [0.717, 1.165) is 12.8 Å². The zero-order valence-electron chi connectivity index (χ0n) is 10.0. The molecule has 16 heavy (non-hydrogen) atoms. The molecule has 2 N–H and O–H groups in total. The van der Waals surface area contributed by atoms with E-state index in [1.165, 1.54) is 0 Å². The molecule has 1 aliphatic carbocycles. The van der Waals surface area contributed by atoms with Crippen molar-refractivity contribution in [3.63, 3.8) is 0 Å². The molecule has 0 radical (unpaired) electrons. The molecule has 0 aromatic carbocycles. The van der Waals surface area contributed by atoms with E-state index in [9.17, 15) is 9.59 Å². The van der Waals surface area contributed by atoms with Crippen molar-refractivity contribution in [1.29, 1.82) is 0 Å². The molecule has 0 heterocycles. The van der Waals surface area contributed by atoms with Crippen molar-refractivity contribution in [2.45, 2.75) is 52.0 Å². The van der Waals surface area contributed by atoms with Gasteiger partial charge in [-0.3, -0.25) is 9.59 Å². The third kappa shape index (κ3) is 3.51. The van der Waals surface area contributed by atoms with Crippen molar-refractivity contribution in [3.05, 3.63) is 0 Å². The van der Waals surface area contributed by atoms with Gasteiger partial charge in [0.25, 0.3) is 0 Å². The Hall–Kier alpha value is -1.06. The molecular weight excluding hydrogens is 206 g/mol. The largest absolute Gasteiger partial charge is 0.481 e. The monoisotopic (exact) mass is 227 g/mol. The SMILES string of the molecule is CCC(CC)CC(=O)NC1CC(C(=O)O)C1. The first-order chi connectivity index (χ1) is 7.56. The highest BCUT2D eigenvalue weighted by Crippen LogP contribution is 2.27. The molecular formula is C12H21NO3. The number of hydrogen-bond donors (Lipinski definition) is 2. The molecule has 4 nitrogen and oxygen atoms in total. The van der Waals surface area contributed by atoms with Crippen LogP contribution in [0.2, 0.25) is 0 Å². The van der Waals surface area contributed by atoms with Crippen LogP contribution in [0.4, 0.5) is 0 Å². The minimum atomic E-state index is -0.745.